The van der Waals surface area contributed by atoms with Gasteiger partial charge in [0.15, 0.2) is 5.65 Å². The van der Waals surface area contributed by atoms with Gasteiger partial charge in [0, 0.05) is 90.8 Å². The third-order valence-corrected chi connectivity index (χ3v) is 11.5. The number of nitrogens with zero attached hydrogens (tertiary/aromatic N) is 7. The van der Waals surface area contributed by atoms with Crippen LogP contribution in [0.2, 0.25) is 0 Å². The number of piperazine rings is 1. The summed E-state index contributed by atoms with van der Waals surface area (Å²) in [5, 5.41) is 18.0. The maximum Gasteiger partial charge on any atom is 0.293 e. The molecule has 3 amide bonds. The summed E-state index contributed by atoms with van der Waals surface area (Å²) in [6, 6.07) is 20.7. The van der Waals surface area contributed by atoms with Crippen molar-refractivity contribution in [2.24, 2.45) is 0 Å². The summed E-state index contributed by atoms with van der Waals surface area (Å²) in [6.07, 6.45) is 3.60. The van der Waals surface area contributed by atoms with Gasteiger partial charge in [-0.15, -0.1) is 0 Å². The summed E-state index contributed by atoms with van der Waals surface area (Å²) in [5.41, 5.74) is 10.2. The lowest BCUT2D eigenvalue weighted by Crippen LogP contribution is -2.47. The maximum atomic E-state index is 12.9. The minimum atomic E-state index is -0.386. The van der Waals surface area contributed by atoms with Crippen LogP contribution in [0.3, 0.4) is 0 Å². The molecule has 2 fully saturated rings. The number of carbonyl (C=O) groups is 3. The van der Waals surface area contributed by atoms with Gasteiger partial charge >= 0.3 is 0 Å². The van der Waals surface area contributed by atoms with Gasteiger partial charge < -0.3 is 14.7 Å². The summed E-state index contributed by atoms with van der Waals surface area (Å²) >= 11 is 0. The summed E-state index contributed by atoms with van der Waals surface area (Å²) in [4.78, 5) is 55.6. The van der Waals surface area contributed by atoms with Crippen molar-refractivity contribution in [3.05, 3.63) is 107 Å². The molecule has 2 aromatic carbocycles. The number of carbonyl (C=O) groups excluding carboxylic acids is 3. The molecule has 0 saturated carbocycles. The van der Waals surface area contributed by atoms with Crippen LogP contribution in [0.25, 0.3) is 33.4 Å². The van der Waals surface area contributed by atoms with E-state index in [0.29, 0.717) is 24.4 Å². The van der Waals surface area contributed by atoms with Crippen molar-refractivity contribution in [1.82, 2.24) is 45.8 Å². The highest BCUT2D eigenvalue weighted by atomic mass is 16.5. The molecule has 0 aliphatic carbocycles. The lowest BCUT2D eigenvalue weighted by Gasteiger charge is -2.36. The molecular formula is C45H50N10O4. The molecule has 2 saturated heterocycles. The van der Waals surface area contributed by atoms with Crippen LogP contribution in [0.4, 0.5) is 5.69 Å². The van der Waals surface area contributed by atoms with Crippen LogP contribution in [0, 0.1) is 13.8 Å². The number of rotatable bonds is 10. The third kappa shape index (κ3) is 8.49. The second-order valence-corrected chi connectivity index (χ2v) is 16.7. The Labute approximate surface area is 343 Å². The number of aryl methyl sites for hydroxylation is 2. The molecule has 4 aromatic heterocycles. The molecular weight excluding hydrogens is 745 g/mol. The van der Waals surface area contributed by atoms with E-state index in [1.807, 2.05) is 72.0 Å². The highest BCUT2D eigenvalue weighted by molar-refractivity contribution is 6.01. The predicted molar refractivity (Wildman–Crippen MR) is 225 cm³/mol. The Morgan fingerprint density at radius 2 is 1.71 bits per heavy atom. The Kier molecular flexibility index (Phi) is 10.8. The molecule has 14 nitrogen and oxygen atoms in total. The maximum absolute atomic E-state index is 12.9. The Morgan fingerprint density at radius 1 is 0.949 bits per heavy atom. The van der Waals surface area contributed by atoms with Gasteiger partial charge in [-0.1, -0.05) is 56.3 Å². The SMILES string of the molecule is Cc1cc(-c2[nH]nc3ncc(-c4ccc(N5CCN(CCc6ccc(C7CCC(=O)NC7=O)c(C)n6)CC5)cc4)cc23)ccc1C(C)NC(=O)c1noc(C(C)(C)C)n1. The van der Waals surface area contributed by atoms with Crippen LogP contribution >= 0.6 is 0 Å². The number of nitrogens with one attached hydrogen (secondary N) is 3. The van der Waals surface area contributed by atoms with E-state index in [2.05, 4.69) is 82.2 Å². The molecule has 8 rings (SSSR count). The van der Waals surface area contributed by atoms with Gasteiger partial charge in [0.1, 0.15) is 0 Å². The molecule has 3 N–H and O–H groups in total. The topological polar surface area (TPSA) is 175 Å². The van der Waals surface area contributed by atoms with Crippen molar-refractivity contribution in [2.45, 2.75) is 78.2 Å². The van der Waals surface area contributed by atoms with Crippen molar-refractivity contribution >= 4 is 34.4 Å². The van der Waals surface area contributed by atoms with Crippen molar-refractivity contribution in [2.75, 3.05) is 37.6 Å². The number of hydrogen-bond acceptors (Lipinski definition) is 11. The van der Waals surface area contributed by atoms with E-state index in [-0.39, 0.29) is 40.9 Å². The highest BCUT2D eigenvalue weighted by Crippen LogP contribution is 2.33. The second kappa shape index (κ2) is 16.2. The number of aromatic amines is 1. The fourth-order valence-corrected chi connectivity index (χ4v) is 8.04. The van der Waals surface area contributed by atoms with E-state index in [9.17, 15) is 14.4 Å². The standard InChI is InChI=1S/C45H50N10O4/c1-26-23-30(9-13-34(26)27(2)48-43(58)41-50-44(59-53-41)45(4,5)6)39-37-24-31(25-46-40(37)52-51-39)29-7-11-33(12-8-29)55-21-19-54(20-22-55)18-17-32-10-14-35(28(3)47-32)36-15-16-38(56)49-42(36)57/h7-14,23-25,27,36H,15-22H2,1-6H3,(H,48,58)(H,46,51,52)(H,49,56,57). The molecule has 2 unspecified atom stereocenters. The molecule has 6 aromatic rings. The van der Waals surface area contributed by atoms with E-state index in [4.69, 9.17) is 9.51 Å². The molecule has 0 bridgehead atoms. The average molecular weight is 795 g/mol. The fraction of sp³-hybridized carbons (Fsp3) is 0.378. The molecule has 14 heteroatoms. The van der Waals surface area contributed by atoms with Crippen molar-refractivity contribution in [3.8, 4) is 22.4 Å². The van der Waals surface area contributed by atoms with Gasteiger partial charge in [0.05, 0.1) is 17.7 Å². The molecule has 59 heavy (non-hydrogen) atoms. The molecule has 304 valence electrons. The molecule has 0 spiro atoms. The Bertz CT molecular complexity index is 2530. The largest absolute Gasteiger partial charge is 0.369 e. The molecule has 2 aliphatic heterocycles. The van der Waals surface area contributed by atoms with Crippen molar-refractivity contribution in [1.29, 1.82) is 0 Å². The number of aromatic nitrogens is 6. The lowest BCUT2D eigenvalue weighted by atomic mass is 9.89. The number of fused-ring (bicyclic) bond motifs is 1. The van der Waals surface area contributed by atoms with Crippen LogP contribution < -0.4 is 15.5 Å². The Balaban J connectivity index is 0.870. The summed E-state index contributed by atoms with van der Waals surface area (Å²) < 4.78 is 5.31. The first kappa shape index (κ1) is 39.5. The summed E-state index contributed by atoms with van der Waals surface area (Å²) in [5.74, 6) is -0.688. The van der Waals surface area contributed by atoms with E-state index >= 15 is 0 Å². The second-order valence-electron chi connectivity index (χ2n) is 16.7. The molecule has 2 aliphatic rings. The minimum Gasteiger partial charge on any atom is -0.369 e. The number of imide groups is 1. The van der Waals surface area contributed by atoms with Crippen molar-refractivity contribution < 1.29 is 18.9 Å². The Hall–Kier alpha value is -6.28. The number of amides is 3. The number of piperidine rings is 1. The third-order valence-electron chi connectivity index (χ3n) is 11.5. The average Bonchev–Trinajstić information content (AvgIpc) is 3.90. The fourth-order valence-electron chi connectivity index (χ4n) is 8.04. The zero-order valence-electron chi connectivity index (χ0n) is 34.4. The van der Waals surface area contributed by atoms with Crippen LogP contribution in [-0.4, -0.2) is 85.7 Å². The predicted octanol–water partition coefficient (Wildman–Crippen LogP) is 6.36. The normalized spacial score (nSPS) is 17.0. The molecule has 2 atom stereocenters. The van der Waals surface area contributed by atoms with E-state index < -0.39 is 0 Å². The van der Waals surface area contributed by atoms with Crippen LogP contribution in [0.15, 0.2) is 71.4 Å². The first-order valence-electron chi connectivity index (χ1n) is 20.3. The number of hydrogen-bond donors (Lipinski definition) is 3. The first-order chi connectivity index (χ1) is 28.3. The summed E-state index contributed by atoms with van der Waals surface area (Å²) in [7, 11) is 0. The number of benzene rings is 2. The first-order valence-corrected chi connectivity index (χ1v) is 20.3. The number of anilines is 1. The molecule has 0 radical (unpaired) electrons. The van der Waals surface area contributed by atoms with Gasteiger partial charge in [-0.3, -0.25) is 34.7 Å². The number of H-pyrrole nitrogens is 1. The quantitative estimate of drug-likeness (QED) is 0.132. The minimum absolute atomic E-state index is 0.0200. The van der Waals surface area contributed by atoms with Gasteiger partial charge in [0.25, 0.3) is 11.7 Å². The van der Waals surface area contributed by atoms with Gasteiger partial charge in [-0.2, -0.15) is 10.1 Å². The zero-order chi connectivity index (χ0) is 41.4. The van der Waals surface area contributed by atoms with E-state index in [0.717, 1.165) is 95.0 Å². The molecule has 6 heterocycles. The van der Waals surface area contributed by atoms with Crippen LogP contribution in [0.5, 0.6) is 0 Å². The number of pyridine rings is 2. The smallest absolute Gasteiger partial charge is 0.293 e. The van der Waals surface area contributed by atoms with Crippen molar-refractivity contribution in [3.63, 3.8) is 0 Å². The monoisotopic (exact) mass is 794 g/mol. The van der Waals surface area contributed by atoms with Gasteiger partial charge in [-0.25, -0.2) is 4.98 Å². The van der Waals surface area contributed by atoms with E-state index in [1.165, 1.54) is 5.69 Å². The van der Waals surface area contributed by atoms with Gasteiger partial charge in [0.2, 0.25) is 17.7 Å². The van der Waals surface area contributed by atoms with Gasteiger partial charge in [-0.05, 0) is 79.8 Å². The van der Waals surface area contributed by atoms with Crippen LogP contribution in [-0.2, 0) is 21.4 Å². The van der Waals surface area contributed by atoms with Crippen LogP contribution in [0.1, 0.15) is 97.1 Å². The summed E-state index contributed by atoms with van der Waals surface area (Å²) in [6.45, 7) is 16.5. The lowest BCUT2D eigenvalue weighted by molar-refractivity contribution is -0.134. The highest BCUT2D eigenvalue weighted by Gasteiger charge is 2.30. The Morgan fingerprint density at radius 3 is 2.41 bits per heavy atom. The van der Waals surface area contributed by atoms with E-state index in [1.54, 1.807) is 0 Å². The zero-order valence-corrected chi connectivity index (χ0v) is 34.4.